The minimum Gasteiger partial charge on any atom is -0.372 e. The molecule has 1 rings (SSSR count). The van der Waals surface area contributed by atoms with Crippen LogP contribution in [-0.4, -0.2) is 23.2 Å². The molecule has 3 N–H and O–H groups in total. The van der Waals surface area contributed by atoms with Crippen LogP contribution in [0.5, 0.6) is 0 Å². The van der Waals surface area contributed by atoms with E-state index in [1.807, 2.05) is 0 Å². The lowest BCUT2D eigenvalue weighted by Gasteiger charge is -2.00. The summed E-state index contributed by atoms with van der Waals surface area (Å²) in [4.78, 5) is 0. The predicted octanol–water partition coefficient (Wildman–Crippen LogP) is -0.141. The van der Waals surface area contributed by atoms with Crippen molar-refractivity contribution in [3.05, 3.63) is 17.6 Å². The topological polar surface area (TPSA) is 77.5 Å². The molecule has 0 unspecified atom stereocenters. The van der Waals surface area contributed by atoms with E-state index < -0.39 is 0 Å². The highest BCUT2D eigenvalue weighted by Crippen LogP contribution is 1.92. The van der Waals surface area contributed by atoms with E-state index in [1.54, 1.807) is 19.2 Å². The lowest BCUT2D eigenvalue weighted by Crippen LogP contribution is -2.21. The maximum absolute atomic E-state index is 7.26. The Labute approximate surface area is 63.7 Å². The quantitative estimate of drug-likeness (QED) is 0.406. The Morgan fingerprint density at radius 2 is 2.36 bits per heavy atom. The Morgan fingerprint density at radius 3 is 2.91 bits per heavy atom. The van der Waals surface area contributed by atoms with Gasteiger partial charge in [0.1, 0.15) is 17.6 Å². The summed E-state index contributed by atoms with van der Waals surface area (Å²) in [6.45, 7) is 0. The lowest BCUT2D eigenvalue weighted by atomic mass is 10.5. The van der Waals surface area contributed by atoms with Crippen molar-refractivity contribution in [1.29, 1.82) is 10.8 Å². The summed E-state index contributed by atoms with van der Waals surface area (Å²) >= 11 is 0. The minimum absolute atomic E-state index is 0.194. The first-order valence-corrected chi connectivity index (χ1v) is 3.10. The lowest BCUT2D eigenvalue weighted by molar-refractivity contribution is 0.831. The van der Waals surface area contributed by atoms with Crippen molar-refractivity contribution in [1.82, 2.24) is 9.78 Å². The predicted molar refractivity (Wildman–Crippen MR) is 41.8 cm³/mol. The molecule has 0 aliphatic carbocycles. The second kappa shape index (κ2) is 2.96. The maximum atomic E-state index is 7.26. The molecule has 5 heteroatoms. The normalized spacial score (nSPS) is 9.18. The average Bonchev–Trinajstić information content (AvgIpc) is 2.05. The number of hydrogen-bond acceptors (Lipinski definition) is 4. The van der Waals surface area contributed by atoms with E-state index in [0.717, 1.165) is 6.34 Å². The second-order valence-electron chi connectivity index (χ2n) is 1.93. The van der Waals surface area contributed by atoms with Gasteiger partial charge >= 0.3 is 0 Å². The number of aromatic nitrogens is 2. The van der Waals surface area contributed by atoms with Crippen LogP contribution >= 0.6 is 0 Å². The molecule has 11 heavy (non-hydrogen) atoms. The maximum Gasteiger partial charge on any atom is 0.147 e. The zero-order valence-corrected chi connectivity index (χ0v) is 6.13. The molecule has 0 atom stereocenters. The van der Waals surface area contributed by atoms with Crippen LogP contribution in [0.15, 0.2) is 12.1 Å². The van der Waals surface area contributed by atoms with Gasteiger partial charge in [-0.1, -0.05) is 0 Å². The van der Waals surface area contributed by atoms with Crippen molar-refractivity contribution in [3.63, 3.8) is 0 Å². The summed E-state index contributed by atoms with van der Waals surface area (Å²) in [6.07, 6.45) is 0.989. The molecule has 0 radical (unpaired) electrons. The van der Waals surface area contributed by atoms with Gasteiger partial charge in [-0.3, -0.25) is 10.8 Å². The minimum atomic E-state index is 0.194. The van der Waals surface area contributed by atoms with Crippen molar-refractivity contribution < 1.29 is 0 Å². The molecule has 0 aliphatic heterocycles. The first-order chi connectivity index (χ1) is 5.27. The van der Waals surface area contributed by atoms with Crippen molar-refractivity contribution >= 4 is 12.2 Å². The van der Waals surface area contributed by atoms with Gasteiger partial charge in [-0.05, 0) is 12.1 Å². The van der Waals surface area contributed by atoms with Crippen LogP contribution in [0.1, 0.15) is 0 Å². The third-order valence-corrected chi connectivity index (χ3v) is 1.24. The van der Waals surface area contributed by atoms with Crippen LogP contribution in [-0.2, 0) is 0 Å². The standard InChI is InChI=1S/C6H9N5/c1-9-6-3-2-5(8)11(4-7)10-6/h2-4,7-8H,1H3,(H,9,10). The van der Waals surface area contributed by atoms with Crippen LogP contribution in [0, 0.1) is 10.8 Å². The van der Waals surface area contributed by atoms with Crippen LogP contribution in [0.4, 0.5) is 5.82 Å². The Hall–Kier alpha value is -1.65. The van der Waals surface area contributed by atoms with Gasteiger partial charge in [-0.25, -0.2) is 4.68 Å². The van der Waals surface area contributed by atoms with Gasteiger partial charge < -0.3 is 5.32 Å². The van der Waals surface area contributed by atoms with Crippen LogP contribution in [0.2, 0.25) is 0 Å². The zero-order chi connectivity index (χ0) is 8.27. The molecule has 1 aromatic heterocycles. The number of nitrogens with zero attached hydrogens (tertiary/aromatic N) is 2. The SMILES string of the molecule is CNc1ccc(=N)n(C=N)n1. The summed E-state index contributed by atoms with van der Waals surface area (Å²) in [6, 6.07) is 3.26. The van der Waals surface area contributed by atoms with Gasteiger partial charge in [0.25, 0.3) is 0 Å². The van der Waals surface area contributed by atoms with Gasteiger partial charge in [0.15, 0.2) is 0 Å². The fourth-order valence-electron chi connectivity index (χ4n) is 0.669. The molecule has 0 aromatic carbocycles. The average molecular weight is 151 g/mol. The molecule has 0 amide bonds. The third kappa shape index (κ3) is 1.43. The highest BCUT2D eigenvalue weighted by Gasteiger charge is 1.91. The van der Waals surface area contributed by atoms with E-state index in [9.17, 15) is 0 Å². The summed E-state index contributed by atoms with van der Waals surface area (Å²) in [5.41, 5.74) is 0.194. The molecule has 1 aromatic rings. The number of hydrogen-bond donors (Lipinski definition) is 3. The molecule has 0 saturated carbocycles. The first-order valence-electron chi connectivity index (χ1n) is 3.10. The molecule has 0 aliphatic rings. The van der Waals surface area contributed by atoms with E-state index >= 15 is 0 Å². The molecular weight excluding hydrogens is 142 g/mol. The summed E-state index contributed by atoms with van der Waals surface area (Å²) in [7, 11) is 1.74. The van der Waals surface area contributed by atoms with E-state index in [4.69, 9.17) is 10.8 Å². The van der Waals surface area contributed by atoms with Crippen LogP contribution in [0.3, 0.4) is 0 Å². The fourth-order valence-corrected chi connectivity index (χ4v) is 0.669. The van der Waals surface area contributed by atoms with Gasteiger partial charge in [0, 0.05) is 7.05 Å². The van der Waals surface area contributed by atoms with Gasteiger partial charge in [0.05, 0.1) is 0 Å². The van der Waals surface area contributed by atoms with Gasteiger partial charge in [-0.2, -0.15) is 0 Å². The van der Waals surface area contributed by atoms with Crippen molar-refractivity contribution in [2.24, 2.45) is 0 Å². The molecule has 0 saturated heterocycles. The Morgan fingerprint density at radius 1 is 1.64 bits per heavy atom. The zero-order valence-electron chi connectivity index (χ0n) is 6.13. The highest BCUT2D eigenvalue weighted by atomic mass is 15.3. The fraction of sp³-hybridized carbons (Fsp3) is 0.167. The summed E-state index contributed by atoms with van der Waals surface area (Å²) < 4.78 is 1.17. The van der Waals surface area contributed by atoms with E-state index in [-0.39, 0.29) is 5.49 Å². The Bertz CT molecular complexity index is 313. The monoisotopic (exact) mass is 151 g/mol. The molecule has 0 spiro atoms. The van der Waals surface area contributed by atoms with E-state index in [2.05, 4.69) is 10.4 Å². The van der Waals surface area contributed by atoms with E-state index in [1.165, 1.54) is 4.68 Å². The first kappa shape index (κ1) is 7.46. The molecule has 1 heterocycles. The number of rotatable bonds is 2. The molecule has 5 nitrogen and oxygen atoms in total. The number of nitrogens with one attached hydrogen (secondary N) is 3. The van der Waals surface area contributed by atoms with Gasteiger partial charge in [0.2, 0.25) is 0 Å². The summed E-state index contributed by atoms with van der Waals surface area (Å²) in [5.74, 6) is 0.643. The molecule has 0 fully saturated rings. The van der Waals surface area contributed by atoms with Crippen LogP contribution in [0.25, 0.3) is 0 Å². The number of anilines is 1. The Kier molecular flexibility index (Phi) is 2.00. The van der Waals surface area contributed by atoms with Crippen molar-refractivity contribution in [2.75, 3.05) is 12.4 Å². The second-order valence-corrected chi connectivity index (χ2v) is 1.93. The Balaban J connectivity index is 3.23. The molecule has 0 bridgehead atoms. The van der Waals surface area contributed by atoms with Gasteiger partial charge in [-0.15, -0.1) is 5.10 Å². The van der Waals surface area contributed by atoms with Crippen molar-refractivity contribution in [2.45, 2.75) is 0 Å². The molecular formula is C6H9N5. The highest BCUT2D eigenvalue weighted by molar-refractivity contribution is 5.53. The van der Waals surface area contributed by atoms with E-state index in [0.29, 0.717) is 5.82 Å². The smallest absolute Gasteiger partial charge is 0.147 e. The molecule has 58 valence electrons. The third-order valence-electron chi connectivity index (χ3n) is 1.24. The van der Waals surface area contributed by atoms with Crippen molar-refractivity contribution in [3.8, 4) is 0 Å². The van der Waals surface area contributed by atoms with Crippen LogP contribution < -0.4 is 10.8 Å². The summed E-state index contributed by atoms with van der Waals surface area (Å²) in [5, 5.41) is 20.8. The largest absolute Gasteiger partial charge is 0.372 e.